The van der Waals surface area contributed by atoms with Gasteiger partial charge in [-0.3, -0.25) is 4.72 Å². The Morgan fingerprint density at radius 1 is 1.40 bits per heavy atom. The van der Waals surface area contributed by atoms with Crippen molar-refractivity contribution < 1.29 is 27.9 Å². The van der Waals surface area contributed by atoms with Crippen LogP contribution in [0.15, 0.2) is 22.7 Å². The van der Waals surface area contributed by atoms with Crippen molar-refractivity contribution >= 4 is 43.9 Å². The van der Waals surface area contributed by atoms with Gasteiger partial charge in [0, 0.05) is 4.47 Å². The number of carboxylic acid groups (broad SMARTS) is 1. The fourth-order valence-corrected chi connectivity index (χ4v) is 2.38. The van der Waals surface area contributed by atoms with Gasteiger partial charge in [-0.25, -0.2) is 14.3 Å². The van der Waals surface area contributed by atoms with E-state index >= 15 is 0 Å². The standard InChI is InChI=1S/C10H11BrN2O6S/c1-2-19-10(16)13-20(17,18)12-8-4-3-6(11)5-7(8)9(14)15/h3-5,12H,2H2,1H3,(H,13,16)(H,14,15). The lowest BCUT2D eigenvalue weighted by atomic mass is 10.2. The average Bonchev–Trinajstić information content (AvgIpc) is 2.30. The third-order valence-electron chi connectivity index (χ3n) is 1.95. The minimum Gasteiger partial charge on any atom is -0.478 e. The Bertz CT molecular complexity index is 631. The molecule has 10 heteroatoms. The molecule has 1 aromatic carbocycles. The molecule has 110 valence electrons. The van der Waals surface area contributed by atoms with E-state index in [-0.39, 0.29) is 17.9 Å². The maximum atomic E-state index is 11.6. The summed E-state index contributed by atoms with van der Waals surface area (Å²) in [5.41, 5.74) is -0.453. The van der Waals surface area contributed by atoms with Crippen LogP contribution in [0.5, 0.6) is 0 Å². The van der Waals surface area contributed by atoms with Crippen molar-refractivity contribution in [2.45, 2.75) is 6.92 Å². The summed E-state index contributed by atoms with van der Waals surface area (Å²) < 4.78 is 31.6. The van der Waals surface area contributed by atoms with E-state index in [1.54, 1.807) is 4.72 Å². The zero-order chi connectivity index (χ0) is 15.3. The van der Waals surface area contributed by atoms with E-state index < -0.39 is 22.3 Å². The molecule has 1 aromatic rings. The van der Waals surface area contributed by atoms with Crippen molar-refractivity contribution in [1.29, 1.82) is 0 Å². The molecule has 0 bridgehead atoms. The van der Waals surface area contributed by atoms with Crippen LogP contribution in [0, 0.1) is 0 Å². The summed E-state index contributed by atoms with van der Waals surface area (Å²) >= 11 is 3.07. The Morgan fingerprint density at radius 3 is 2.60 bits per heavy atom. The number of carboxylic acids is 1. The van der Waals surface area contributed by atoms with E-state index in [1.807, 2.05) is 4.72 Å². The van der Waals surface area contributed by atoms with E-state index in [0.717, 1.165) is 0 Å². The van der Waals surface area contributed by atoms with Gasteiger partial charge < -0.3 is 9.84 Å². The van der Waals surface area contributed by atoms with Crippen molar-refractivity contribution in [1.82, 2.24) is 4.72 Å². The molecule has 0 saturated carbocycles. The molecule has 8 nitrogen and oxygen atoms in total. The van der Waals surface area contributed by atoms with Gasteiger partial charge >= 0.3 is 22.3 Å². The molecule has 0 aliphatic heterocycles. The Balaban J connectivity index is 2.98. The largest absolute Gasteiger partial charge is 0.478 e. The molecular weight excluding hydrogens is 356 g/mol. The molecule has 0 aliphatic carbocycles. The second-order valence-electron chi connectivity index (χ2n) is 3.42. The van der Waals surface area contributed by atoms with E-state index in [4.69, 9.17) is 5.11 Å². The van der Waals surface area contributed by atoms with Crippen LogP contribution >= 0.6 is 15.9 Å². The van der Waals surface area contributed by atoms with Crippen LogP contribution in [-0.2, 0) is 14.9 Å². The highest BCUT2D eigenvalue weighted by Crippen LogP contribution is 2.21. The average molecular weight is 367 g/mol. The van der Waals surface area contributed by atoms with Crippen LogP contribution in [0.2, 0.25) is 0 Å². The Morgan fingerprint density at radius 2 is 2.05 bits per heavy atom. The zero-order valence-corrected chi connectivity index (χ0v) is 12.6. The molecule has 0 fully saturated rings. The number of benzene rings is 1. The van der Waals surface area contributed by atoms with E-state index in [1.165, 1.54) is 25.1 Å². The first-order valence-corrected chi connectivity index (χ1v) is 7.53. The lowest BCUT2D eigenvalue weighted by molar-refractivity contribution is 0.0698. The van der Waals surface area contributed by atoms with Crippen LogP contribution in [0.25, 0.3) is 0 Å². The highest BCUT2D eigenvalue weighted by atomic mass is 79.9. The summed E-state index contributed by atoms with van der Waals surface area (Å²) in [6, 6.07) is 3.93. The molecular formula is C10H11BrN2O6S. The Labute approximate surface area is 123 Å². The number of aromatic carboxylic acids is 1. The first-order chi connectivity index (χ1) is 9.25. The zero-order valence-electron chi connectivity index (χ0n) is 10.2. The second-order valence-corrected chi connectivity index (χ2v) is 5.75. The number of hydrogen-bond donors (Lipinski definition) is 3. The normalized spacial score (nSPS) is 10.7. The summed E-state index contributed by atoms with van der Waals surface area (Å²) in [6.45, 7) is 1.51. The Kier molecular flexibility index (Phi) is 5.34. The molecule has 3 N–H and O–H groups in total. The summed E-state index contributed by atoms with van der Waals surface area (Å²) in [4.78, 5) is 22.1. The number of nitrogens with one attached hydrogen (secondary N) is 2. The minimum absolute atomic E-state index is 0.0000129. The van der Waals surface area contributed by atoms with E-state index in [0.29, 0.717) is 4.47 Å². The number of amides is 1. The molecule has 0 saturated heterocycles. The number of carbonyl (C=O) groups is 2. The first kappa shape index (κ1) is 16.2. The van der Waals surface area contributed by atoms with Crippen molar-refractivity contribution in [2.75, 3.05) is 11.3 Å². The third-order valence-corrected chi connectivity index (χ3v) is 3.37. The SMILES string of the molecule is CCOC(=O)NS(=O)(=O)Nc1ccc(Br)cc1C(=O)O. The molecule has 0 aliphatic rings. The van der Waals surface area contributed by atoms with Gasteiger partial charge in [-0.1, -0.05) is 15.9 Å². The number of ether oxygens (including phenoxy) is 1. The predicted octanol–water partition coefficient (Wildman–Crippen LogP) is 1.55. The topological polar surface area (TPSA) is 122 Å². The molecule has 0 heterocycles. The fourth-order valence-electron chi connectivity index (χ4n) is 1.22. The molecule has 0 radical (unpaired) electrons. The predicted molar refractivity (Wildman–Crippen MR) is 73.8 cm³/mol. The molecule has 0 atom stereocenters. The van der Waals surface area contributed by atoms with E-state index in [2.05, 4.69) is 20.7 Å². The van der Waals surface area contributed by atoms with Gasteiger partial charge in [-0.15, -0.1) is 0 Å². The van der Waals surface area contributed by atoms with Crippen molar-refractivity contribution in [2.24, 2.45) is 0 Å². The number of rotatable bonds is 5. The van der Waals surface area contributed by atoms with Crippen molar-refractivity contribution in [3.63, 3.8) is 0 Å². The number of carbonyl (C=O) groups excluding carboxylic acids is 1. The minimum atomic E-state index is -4.28. The second kappa shape index (κ2) is 6.57. The van der Waals surface area contributed by atoms with Gasteiger partial charge in [-0.05, 0) is 25.1 Å². The van der Waals surface area contributed by atoms with Crippen molar-refractivity contribution in [3.05, 3.63) is 28.2 Å². The third kappa shape index (κ3) is 4.70. The van der Waals surface area contributed by atoms with Crippen LogP contribution in [0.3, 0.4) is 0 Å². The van der Waals surface area contributed by atoms with Gasteiger partial charge in [-0.2, -0.15) is 8.42 Å². The molecule has 20 heavy (non-hydrogen) atoms. The molecule has 0 spiro atoms. The van der Waals surface area contributed by atoms with Crippen LogP contribution < -0.4 is 9.44 Å². The first-order valence-electron chi connectivity index (χ1n) is 5.25. The summed E-state index contributed by atoms with van der Waals surface area (Å²) in [5, 5.41) is 8.99. The number of anilines is 1. The molecule has 1 amide bonds. The van der Waals surface area contributed by atoms with Crippen LogP contribution in [0.4, 0.5) is 10.5 Å². The summed E-state index contributed by atoms with van der Waals surface area (Å²) in [6.07, 6.45) is -1.16. The maximum Gasteiger partial charge on any atom is 0.422 e. The van der Waals surface area contributed by atoms with Crippen LogP contribution in [0.1, 0.15) is 17.3 Å². The lowest BCUT2D eigenvalue weighted by Gasteiger charge is -2.11. The number of halogens is 1. The van der Waals surface area contributed by atoms with Gasteiger partial charge in [0.1, 0.15) is 0 Å². The molecule has 0 aromatic heterocycles. The van der Waals surface area contributed by atoms with Crippen molar-refractivity contribution in [3.8, 4) is 0 Å². The van der Waals surface area contributed by atoms with Crippen LogP contribution in [-0.4, -0.2) is 32.2 Å². The summed E-state index contributed by atoms with van der Waals surface area (Å²) in [7, 11) is -4.28. The number of hydrogen-bond acceptors (Lipinski definition) is 5. The molecule has 1 rings (SSSR count). The van der Waals surface area contributed by atoms with Gasteiger partial charge in [0.2, 0.25) is 0 Å². The maximum absolute atomic E-state index is 11.6. The highest BCUT2D eigenvalue weighted by molar-refractivity contribution is 9.10. The smallest absolute Gasteiger partial charge is 0.422 e. The quantitative estimate of drug-likeness (QED) is 0.726. The fraction of sp³-hybridized carbons (Fsp3) is 0.200. The lowest BCUT2D eigenvalue weighted by Crippen LogP contribution is -2.36. The Hall–Kier alpha value is -1.81. The summed E-state index contributed by atoms with van der Waals surface area (Å²) in [5.74, 6) is -1.32. The van der Waals surface area contributed by atoms with Gasteiger partial charge in [0.25, 0.3) is 0 Å². The van der Waals surface area contributed by atoms with E-state index in [9.17, 15) is 18.0 Å². The van der Waals surface area contributed by atoms with Gasteiger partial charge in [0.05, 0.1) is 17.9 Å². The molecule has 0 unspecified atom stereocenters. The highest BCUT2D eigenvalue weighted by Gasteiger charge is 2.19. The van der Waals surface area contributed by atoms with Gasteiger partial charge in [0.15, 0.2) is 0 Å². The monoisotopic (exact) mass is 366 g/mol.